The fraction of sp³-hybridized carbons (Fsp3) is 0.682. The molecule has 1 aromatic carbocycles. The fourth-order valence-electron chi connectivity index (χ4n) is 4.70. The lowest BCUT2D eigenvalue weighted by molar-refractivity contribution is -0.384. The van der Waals surface area contributed by atoms with Crippen molar-refractivity contribution in [2.24, 2.45) is 11.8 Å². The average Bonchev–Trinajstić information content (AvgIpc) is 3.19. The molecule has 0 bridgehead atoms. The molecule has 0 saturated carbocycles. The van der Waals surface area contributed by atoms with Gasteiger partial charge in [-0.2, -0.15) is 0 Å². The summed E-state index contributed by atoms with van der Waals surface area (Å²) < 4.78 is 0. The van der Waals surface area contributed by atoms with Gasteiger partial charge in [0.1, 0.15) is 5.69 Å². The van der Waals surface area contributed by atoms with Crippen molar-refractivity contribution < 1.29 is 9.72 Å². The van der Waals surface area contributed by atoms with Crippen molar-refractivity contribution in [2.45, 2.75) is 52.5 Å². The lowest BCUT2D eigenvalue weighted by Crippen LogP contribution is -2.56. The first-order valence-electron chi connectivity index (χ1n) is 10.7. The van der Waals surface area contributed by atoms with Crippen molar-refractivity contribution in [1.29, 1.82) is 0 Å². The van der Waals surface area contributed by atoms with E-state index in [-0.39, 0.29) is 22.1 Å². The van der Waals surface area contributed by atoms with Gasteiger partial charge < -0.3 is 10.2 Å². The fourth-order valence-corrected chi connectivity index (χ4v) is 4.70. The van der Waals surface area contributed by atoms with Crippen LogP contribution in [0.25, 0.3) is 0 Å². The minimum Gasteiger partial charge on any atom is -0.366 e. The zero-order valence-corrected chi connectivity index (χ0v) is 18.1. The summed E-state index contributed by atoms with van der Waals surface area (Å²) in [6.45, 7) is 13.1. The number of nitro groups is 1. The second kappa shape index (κ2) is 8.69. The van der Waals surface area contributed by atoms with Gasteiger partial charge in [0.15, 0.2) is 0 Å². The molecule has 2 saturated heterocycles. The molecule has 0 spiro atoms. The van der Waals surface area contributed by atoms with Crippen LogP contribution >= 0.6 is 0 Å². The molecule has 2 aliphatic heterocycles. The van der Waals surface area contributed by atoms with Gasteiger partial charge in [-0.25, -0.2) is 0 Å². The predicted octanol–water partition coefficient (Wildman–Crippen LogP) is 3.68. The van der Waals surface area contributed by atoms with Crippen LogP contribution < -0.4 is 10.2 Å². The van der Waals surface area contributed by atoms with E-state index in [9.17, 15) is 14.9 Å². The Labute approximate surface area is 173 Å². The summed E-state index contributed by atoms with van der Waals surface area (Å²) >= 11 is 0. The molecule has 1 N–H and O–H groups in total. The summed E-state index contributed by atoms with van der Waals surface area (Å²) in [5, 5.41) is 14.6. The Morgan fingerprint density at radius 3 is 2.41 bits per heavy atom. The molecule has 0 aromatic heterocycles. The summed E-state index contributed by atoms with van der Waals surface area (Å²) in [5.74, 6) is 1.04. The number of hydrogen-bond donors (Lipinski definition) is 1. The number of nitro benzene ring substituents is 1. The Morgan fingerprint density at radius 2 is 1.83 bits per heavy atom. The molecule has 2 aliphatic rings. The molecule has 0 radical (unpaired) electrons. The van der Waals surface area contributed by atoms with E-state index in [1.165, 1.54) is 12.5 Å². The number of piperidine rings is 1. The van der Waals surface area contributed by atoms with Crippen LogP contribution in [0.1, 0.15) is 57.3 Å². The van der Waals surface area contributed by atoms with Crippen molar-refractivity contribution in [1.82, 2.24) is 10.2 Å². The third-order valence-electron chi connectivity index (χ3n) is 6.29. The first-order valence-corrected chi connectivity index (χ1v) is 10.7. The summed E-state index contributed by atoms with van der Waals surface area (Å²) in [4.78, 5) is 28.4. The Hall–Kier alpha value is -2.15. The zero-order valence-electron chi connectivity index (χ0n) is 18.1. The normalized spacial score (nSPS) is 23.2. The molecule has 1 amide bonds. The first kappa shape index (κ1) is 21.6. The number of likely N-dealkylation sites (tertiary alicyclic amines) is 1. The van der Waals surface area contributed by atoms with Crippen LogP contribution in [0.3, 0.4) is 0 Å². The topological polar surface area (TPSA) is 78.7 Å². The van der Waals surface area contributed by atoms with Gasteiger partial charge in [0.25, 0.3) is 11.6 Å². The number of benzene rings is 1. The Kier molecular flexibility index (Phi) is 6.46. The highest BCUT2D eigenvalue weighted by Gasteiger charge is 2.33. The molecule has 2 unspecified atom stereocenters. The van der Waals surface area contributed by atoms with E-state index in [4.69, 9.17) is 0 Å². The maximum Gasteiger partial charge on any atom is 0.293 e. The molecule has 0 aliphatic carbocycles. The number of anilines is 1. The number of nitrogens with zero attached hydrogens (tertiary/aromatic N) is 3. The van der Waals surface area contributed by atoms with Gasteiger partial charge in [0, 0.05) is 49.9 Å². The number of rotatable bonds is 6. The minimum absolute atomic E-state index is 0.0116. The number of hydrogen-bond acceptors (Lipinski definition) is 5. The lowest BCUT2D eigenvalue weighted by Gasteiger charge is -2.45. The SMILES string of the molecule is CC1CC(C)CN(C(C)(C)CNC(=O)c2ccc(N3CCCC3)c([N+](=O)[O-])c2)C1. The molecule has 3 rings (SSSR count). The summed E-state index contributed by atoms with van der Waals surface area (Å²) in [6.07, 6.45) is 3.33. The van der Waals surface area contributed by atoms with E-state index in [1.807, 2.05) is 4.90 Å². The van der Waals surface area contributed by atoms with Gasteiger partial charge in [-0.15, -0.1) is 0 Å². The highest BCUT2D eigenvalue weighted by atomic mass is 16.6. The standard InChI is InChI=1S/C22H34N4O3/c1-16-11-17(2)14-25(13-16)22(3,4)15-23-21(27)18-7-8-19(20(12-18)26(28)29)24-9-5-6-10-24/h7-8,12,16-17H,5-6,9-11,13-15H2,1-4H3,(H,23,27). The third-order valence-corrected chi connectivity index (χ3v) is 6.29. The van der Waals surface area contributed by atoms with E-state index in [2.05, 4.69) is 37.9 Å². The minimum atomic E-state index is -0.384. The van der Waals surface area contributed by atoms with Crippen LogP contribution in [-0.2, 0) is 0 Å². The van der Waals surface area contributed by atoms with Crippen molar-refractivity contribution in [2.75, 3.05) is 37.6 Å². The first-order chi connectivity index (χ1) is 13.7. The van der Waals surface area contributed by atoms with Gasteiger partial charge >= 0.3 is 0 Å². The Balaban J connectivity index is 1.68. The van der Waals surface area contributed by atoms with Gasteiger partial charge in [-0.1, -0.05) is 13.8 Å². The van der Waals surface area contributed by atoms with Crippen molar-refractivity contribution >= 4 is 17.3 Å². The van der Waals surface area contributed by atoms with E-state index >= 15 is 0 Å². The third kappa shape index (κ3) is 5.07. The van der Waals surface area contributed by atoms with Crippen LogP contribution in [0.2, 0.25) is 0 Å². The number of nitrogens with one attached hydrogen (secondary N) is 1. The van der Waals surface area contributed by atoms with Crippen LogP contribution in [0.5, 0.6) is 0 Å². The molecular formula is C22H34N4O3. The molecule has 29 heavy (non-hydrogen) atoms. The maximum atomic E-state index is 12.7. The molecule has 2 atom stereocenters. The summed E-state index contributed by atoms with van der Waals surface area (Å²) in [5.41, 5.74) is 0.800. The van der Waals surface area contributed by atoms with E-state index < -0.39 is 0 Å². The van der Waals surface area contributed by atoms with Crippen molar-refractivity contribution in [3.8, 4) is 0 Å². The zero-order chi connectivity index (χ0) is 21.2. The summed E-state index contributed by atoms with van der Waals surface area (Å²) in [7, 11) is 0. The summed E-state index contributed by atoms with van der Waals surface area (Å²) in [6, 6.07) is 4.84. The van der Waals surface area contributed by atoms with E-state index in [0.717, 1.165) is 39.0 Å². The van der Waals surface area contributed by atoms with E-state index in [1.54, 1.807) is 12.1 Å². The highest BCUT2D eigenvalue weighted by molar-refractivity contribution is 5.95. The highest BCUT2D eigenvalue weighted by Crippen LogP contribution is 2.32. The van der Waals surface area contributed by atoms with Crippen LogP contribution in [-0.4, -0.2) is 54.0 Å². The lowest BCUT2D eigenvalue weighted by atomic mass is 9.88. The monoisotopic (exact) mass is 402 g/mol. The van der Waals surface area contributed by atoms with Gasteiger partial charge in [-0.3, -0.25) is 19.8 Å². The number of carbonyl (C=O) groups excluding carboxylic acids is 1. The smallest absolute Gasteiger partial charge is 0.293 e. The average molecular weight is 403 g/mol. The molecule has 7 nitrogen and oxygen atoms in total. The number of carbonyl (C=O) groups is 1. The maximum absolute atomic E-state index is 12.7. The van der Waals surface area contributed by atoms with Gasteiger partial charge in [-0.05, 0) is 57.1 Å². The predicted molar refractivity (Wildman–Crippen MR) is 115 cm³/mol. The molecular weight excluding hydrogens is 368 g/mol. The van der Waals surface area contributed by atoms with Crippen LogP contribution in [0, 0.1) is 22.0 Å². The molecule has 2 heterocycles. The van der Waals surface area contributed by atoms with Crippen molar-refractivity contribution in [3.63, 3.8) is 0 Å². The van der Waals surface area contributed by atoms with Crippen LogP contribution in [0.4, 0.5) is 11.4 Å². The van der Waals surface area contributed by atoms with Crippen LogP contribution in [0.15, 0.2) is 18.2 Å². The molecule has 1 aromatic rings. The van der Waals surface area contributed by atoms with Gasteiger partial charge in [0.05, 0.1) is 4.92 Å². The molecule has 160 valence electrons. The van der Waals surface area contributed by atoms with E-state index in [0.29, 0.717) is 29.6 Å². The molecule has 2 fully saturated rings. The Bertz CT molecular complexity index is 748. The van der Waals surface area contributed by atoms with Crippen molar-refractivity contribution in [3.05, 3.63) is 33.9 Å². The number of amides is 1. The molecule has 7 heteroatoms. The second-order valence-corrected chi connectivity index (χ2v) is 9.50. The largest absolute Gasteiger partial charge is 0.366 e. The van der Waals surface area contributed by atoms with Gasteiger partial charge in [0.2, 0.25) is 0 Å². The second-order valence-electron chi connectivity index (χ2n) is 9.50. The Morgan fingerprint density at radius 1 is 1.21 bits per heavy atom. The quantitative estimate of drug-likeness (QED) is 0.580.